The van der Waals surface area contributed by atoms with Crippen molar-refractivity contribution in [3.63, 3.8) is 0 Å². The lowest BCUT2D eigenvalue weighted by atomic mass is 10.2. The summed E-state index contributed by atoms with van der Waals surface area (Å²) in [5, 5.41) is 6.42. The van der Waals surface area contributed by atoms with Gasteiger partial charge in [0.25, 0.3) is 0 Å². The molecule has 1 aromatic carbocycles. The monoisotopic (exact) mass is 501 g/mol. The lowest BCUT2D eigenvalue weighted by molar-refractivity contribution is -0.122. The van der Waals surface area contributed by atoms with Gasteiger partial charge in [0, 0.05) is 45.8 Å². The molecule has 0 spiro atoms. The smallest absolute Gasteiger partial charge is 0.234 e. The fraction of sp³-hybridized carbons (Fsp3) is 0.600. The van der Waals surface area contributed by atoms with E-state index in [4.69, 9.17) is 4.74 Å². The van der Waals surface area contributed by atoms with E-state index in [1.807, 2.05) is 25.2 Å². The van der Waals surface area contributed by atoms with Gasteiger partial charge in [-0.25, -0.2) is 0 Å². The molecular formula is C20H32IN5O2. The minimum absolute atomic E-state index is 0. The topological polar surface area (TPSA) is 69.2 Å². The van der Waals surface area contributed by atoms with Gasteiger partial charge in [0.05, 0.1) is 19.8 Å². The molecule has 1 amide bonds. The fourth-order valence-corrected chi connectivity index (χ4v) is 3.15. The number of carbonyl (C=O) groups excluding carboxylic acids is 1. The number of aliphatic imine (C=N–C) groups is 1. The Bertz CT molecular complexity index is 616. The molecule has 0 atom stereocenters. The maximum Gasteiger partial charge on any atom is 0.234 e. The summed E-state index contributed by atoms with van der Waals surface area (Å²) in [6.45, 7) is 6.00. The Hall–Kier alpha value is -1.39. The zero-order chi connectivity index (χ0) is 18.9. The zero-order valence-electron chi connectivity index (χ0n) is 16.6. The molecule has 3 rings (SSSR count). The Morgan fingerprint density at radius 2 is 1.89 bits per heavy atom. The number of rotatable bonds is 8. The maximum absolute atomic E-state index is 11.9. The van der Waals surface area contributed by atoms with Gasteiger partial charge >= 0.3 is 0 Å². The number of halogens is 1. The molecule has 1 aliphatic heterocycles. The first kappa shape index (κ1) is 22.9. The van der Waals surface area contributed by atoms with E-state index in [-0.39, 0.29) is 29.9 Å². The quantitative estimate of drug-likeness (QED) is 0.243. The highest BCUT2D eigenvalue weighted by atomic mass is 127. The van der Waals surface area contributed by atoms with Crippen LogP contribution < -0.4 is 10.6 Å². The molecule has 0 radical (unpaired) electrons. The predicted octanol–water partition coefficient (Wildman–Crippen LogP) is 1.29. The van der Waals surface area contributed by atoms with Gasteiger partial charge in [0.2, 0.25) is 5.91 Å². The van der Waals surface area contributed by atoms with E-state index in [0.717, 1.165) is 51.5 Å². The standard InChI is InChI=1S/C20H31N5O2.HI/c1-21-20(22-9-14-27-16-17-5-3-2-4-6-17)25-12-10-24(11-13-25)15-19(26)23-18-7-8-18;/h2-6,18H,7-16H2,1H3,(H,21,22)(H,23,26);1H. The number of ether oxygens (including phenoxy) is 1. The van der Waals surface area contributed by atoms with Crippen LogP contribution in [0.2, 0.25) is 0 Å². The summed E-state index contributed by atoms with van der Waals surface area (Å²) in [7, 11) is 1.81. The molecule has 2 fully saturated rings. The molecule has 1 aromatic rings. The van der Waals surface area contributed by atoms with Crippen LogP contribution in [-0.4, -0.2) is 80.6 Å². The molecule has 156 valence electrons. The van der Waals surface area contributed by atoms with E-state index in [1.54, 1.807) is 0 Å². The van der Waals surface area contributed by atoms with E-state index in [0.29, 0.717) is 25.8 Å². The second-order valence-corrected chi connectivity index (χ2v) is 7.12. The van der Waals surface area contributed by atoms with Gasteiger partial charge < -0.3 is 20.3 Å². The van der Waals surface area contributed by atoms with Gasteiger partial charge in [-0.1, -0.05) is 30.3 Å². The van der Waals surface area contributed by atoms with Gasteiger partial charge in [-0.05, 0) is 18.4 Å². The van der Waals surface area contributed by atoms with Crippen molar-refractivity contribution >= 4 is 35.8 Å². The third-order valence-electron chi connectivity index (χ3n) is 4.83. The second kappa shape index (κ2) is 12.2. The summed E-state index contributed by atoms with van der Waals surface area (Å²) in [4.78, 5) is 20.8. The van der Waals surface area contributed by atoms with Crippen LogP contribution in [-0.2, 0) is 16.1 Å². The van der Waals surface area contributed by atoms with Gasteiger partial charge in [0.1, 0.15) is 0 Å². The van der Waals surface area contributed by atoms with Crippen molar-refractivity contribution in [3.8, 4) is 0 Å². The van der Waals surface area contributed by atoms with Crippen LogP contribution in [0.5, 0.6) is 0 Å². The largest absolute Gasteiger partial charge is 0.375 e. The first-order valence-corrected chi connectivity index (χ1v) is 9.83. The molecule has 1 aliphatic carbocycles. The first-order chi connectivity index (χ1) is 13.2. The van der Waals surface area contributed by atoms with Crippen LogP contribution in [0, 0.1) is 0 Å². The number of hydrogen-bond acceptors (Lipinski definition) is 4. The molecule has 1 heterocycles. The van der Waals surface area contributed by atoms with Crippen LogP contribution in [0.1, 0.15) is 18.4 Å². The number of piperazine rings is 1. The van der Waals surface area contributed by atoms with Crippen LogP contribution >= 0.6 is 24.0 Å². The van der Waals surface area contributed by atoms with E-state index < -0.39 is 0 Å². The van der Waals surface area contributed by atoms with Gasteiger partial charge in [-0.3, -0.25) is 14.7 Å². The summed E-state index contributed by atoms with van der Waals surface area (Å²) in [5.41, 5.74) is 1.18. The normalized spacial score (nSPS) is 17.8. The lowest BCUT2D eigenvalue weighted by Gasteiger charge is -2.36. The highest BCUT2D eigenvalue weighted by Gasteiger charge is 2.25. The van der Waals surface area contributed by atoms with Crippen molar-refractivity contribution in [1.82, 2.24) is 20.4 Å². The number of benzene rings is 1. The Morgan fingerprint density at radius 3 is 2.54 bits per heavy atom. The highest BCUT2D eigenvalue weighted by Crippen LogP contribution is 2.18. The van der Waals surface area contributed by atoms with Gasteiger partial charge in [0.15, 0.2) is 5.96 Å². The molecule has 28 heavy (non-hydrogen) atoms. The molecule has 0 aromatic heterocycles. The van der Waals surface area contributed by atoms with E-state index in [9.17, 15) is 4.79 Å². The average Bonchev–Trinajstić information content (AvgIpc) is 3.50. The van der Waals surface area contributed by atoms with Crippen LogP contribution in [0.4, 0.5) is 0 Å². The summed E-state index contributed by atoms with van der Waals surface area (Å²) >= 11 is 0. The van der Waals surface area contributed by atoms with Crippen molar-refractivity contribution in [3.05, 3.63) is 35.9 Å². The van der Waals surface area contributed by atoms with Gasteiger partial charge in [-0.15, -0.1) is 24.0 Å². The number of nitrogens with zero attached hydrogens (tertiary/aromatic N) is 3. The molecule has 2 N–H and O–H groups in total. The molecule has 1 saturated heterocycles. The highest BCUT2D eigenvalue weighted by molar-refractivity contribution is 14.0. The lowest BCUT2D eigenvalue weighted by Crippen LogP contribution is -2.54. The summed E-state index contributed by atoms with van der Waals surface area (Å²) in [5.74, 6) is 1.06. The summed E-state index contributed by atoms with van der Waals surface area (Å²) in [6.07, 6.45) is 2.27. The number of nitrogens with one attached hydrogen (secondary N) is 2. The Labute approximate surface area is 184 Å². The SMILES string of the molecule is CN=C(NCCOCc1ccccc1)N1CCN(CC(=O)NC2CC2)CC1.I. The third kappa shape index (κ3) is 7.92. The van der Waals surface area contributed by atoms with E-state index in [1.165, 1.54) is 5.56 Å². The first-order valence-electron chi connectivity index (χ1n) is 9.83. The maximum atomic E-state index is 11.9. The third-order valence-corrected chi connectivity index (χ3v) is 4.83. The number of hydrogen-bond donors (Lipinski definition) is 2. The second-order valence-electron chi connectivity index (χ2n) is 7.12. The van der Waals surface area contributed by atoms with Crippen molar-refractivity contribution in [2.75, 3.05) is 52.9 Å². The molecule has 1 saturated carbocycles. The van der Waals surface area contributed by atoms with Crippen molar-refractivity contribution in [2.45, 2.75) is 25.5 Å². The van der Waals surface area contributed by atoms with Crippen LogP contribution in [0.25, 0.3) is 0 Å². The Kier molecular flexibility index (Phi) is 10.0. The summed E-state index contributed by atoms with van der Waals surface area (Å²) in [6, 6.07) is 10.6. The molecule has 0 bridgehead atoms. The Morgan fingerprint density at radius 1 is 1.18 bits per heavy atom. The van der Waals surface area contributed by atoms with Crippen molar-refractivity contribution in [1.29, 1.82) is 0 Å². The molecule has 0 unspecified atom stereocenters. The average molecular weight is 501 g/mol. The number of guanidine groups is 1. The zero-order valence-corrected chi connectivity index (χ0v) is 18.9. The predicted molar refractivity (Wildman–Crippen MR) is 122 cm³/mol. The molecular weight excluding hydrogens is 469 g/mol. The number of carbonyl (C=O) groups is 1. The molecule has 8 heteroatoms. The Balaban J connectivity index is 0.00000280. The molecule has 7 nitrogen and oxygen atoms in total. The van der Waals surface area contributed by atoms with E-state index in [2.05, 4.69) is 37.6 Å². The van der Waals surface area contributed by atoms with Crippen LogP contribution in [0.15, 0.2) is 35.3 Å². The number of amides is 1. The van der Waals surface area contributed by atoms with E-state index >= 15 is 0 Å². The van der Waals surface area contributed by atoms with Crippen molar-refractivity contribution in [2.24, 2.45) is 4.99 Å². The van der Waals surface area contributed by atoms with Crippen molar-refractivity contribution < 1.29 is 9.53 Å². The fourth-order valence-electron chi connectivity index (χ4n) is 3.15. The van der Waals surface area contributed by atoms with Gasteiger partial charge in [-0.2, -0.15) is 0 Å². The minimum atomic E-state index is 0. The van der Waals surface area contributed by atoms with Crippen LogP contribution in [0.3, 0.4) is 0 Å². The summed E-state index contributed by atoms with van der Waals surface area (Å²) < 4.78 is 5.71. The molecule has 2 aliphatic rings. The minimum Gasteiger partial charge on any atom is -0.375 e.